The number of aliphatic hydroxyl groups is 1. The summed E-state index contributed by atoms with van der Waals surface area (Å²) in [6.45, 7) is 0. The van der Waals surface area contributed by atoms with Crippen molar-refractivity contribution < 1.29 is 9.84 Å². The summed E-state index contributed by atoms with van der Waals surface area (Å²) < 4.78 is 5.20. The maximum absolute atomic E-state index is 10.2. The lowest BCUT2D eigenvalue weighted by molar-refractivity contribution is 0.108. The van der Waals surface area contributed by atoms with Gasteiger partial charge in [-0.1, -0.05) is 12.8 Å². The Morgan fingerprint density at radius 3 is 2.87 bits per heavy atom. The molecule has 1 atom stereocenters. The van der Waals surface area contributed by atoms with Gasteiger partial charge in [-0.15, -0.1) is 0 Å². The van der Waals surface area contributed by atoms with Gasteiger partial charge < -0.3 is 9.84 Å². The average molecular weight is 207 g/mol. The molecule has 0 saturated heterocycles. The van der Waals surface area contributed by atoms with E-state index in [4.69, 9.17) is 4.74 Å². The lowest BCUT2D eigenvalue weighted by Crippen LogP contribution is -2.10. The van der Waals surface area contributed by atoms with Gasteiger partial charge in [-0.05, 0) is 24.8 Å². The molecule has 1 aliphatic rings. The van der Waals surface area contributed by atoms with Crippen molar-refractivity contribution in [2.45, 2.75) is 31.8 Å². The van der Waals surface area contributed by atoms with E-state index in [1.807, 2.05) is 6.07 Å². The number of nitrogens with zero attached hydrogens (tertiary/aromatic N) is 1. The number of pyridine rings is 1. The Morgan fingerprint density at radius 2 is 2.20 bits per heavy atom. The minimum absolute atomic E-state index is 0.390. The second kappa shape index (κ2) is 4.62. The van der Waals surface area contributed by atoms with Crippen molar-refractivity contribution in [3.05, 3.63) is 24.0 Å². The van der Waals surface area contributed by atoms with Gasteiger partial charge in [0.2, 0.25) is 0 Å². The first-order valence-electron chi connectivity index (χ1n) is 5.49. The molecule has 0 radical (unpaired) electrons. The van der Waals surface area contributed by atoms with E-state index >= 15 is 0 Å². The van der Waals surface area contributed by atoms with Crippen molar-refractivity contribution in [1.82, 2.24) is 4.98 Å². The van der Waals surface area contributed by atoms with Crippen molar-refractivity contribution in [3.8, 4) is 5.75 Å². The van der Waals surface area contributed by atoms with Crippen LogP contribution in [0.3, 0.4) is 0 Å². The molecule has 82 valence electrons. The first-order chi connectivity index (χ1) is 7.33. The van der Waals surface area contributed by atoms with Crippen molar-refractivity contribution in [2.75, 3.05) is 7.11 Å². The lowest BCUT2D eigenvalue weighted by Gasteiger charge is -2.19. The zero-order chi connectivity index (χ0) is 10.7. The Balaban J connectivity index is 2.19. The standard InChI is InChI=1S/C12H17NO2/c1-15-11-8-13-7-6-10(11)12(14)9-4-2-3-5-9/h6-9,12,14H,2-5H2,1H3. The molecule has 0 aliphatic heterocycles. The topological polar surface area (TPSA) is 42.4 Å². The molecule has 3 heteroatoms. The minimum Gasteiger partial charge on any atom is -0.495 e. The Morgan fingerprint density at radius 1 is 1.47 bits per heavy atom. The fraction of sp³-hybridized carbons (Fsp3) is 0.583. The normalized spacial score (nSPS) is 19.1. The summed E-state index contributed by atoms with van der Waals surface area (Å²) >= 11 is 0. The van der Waals surface area contributed by atoms with Gasteiger partial charge in [-0.25, -0.2) is 0 Å². The smallest absolute Gasteiger partial charge is 0.142 e. The van der Waals surface area contributed by atoms with Crippen LogP contribution in [0.5, 0.6) is 5.75 Å². The maximum atomic E-state index is 10.2. The Hall–Kier alpha value is -1.09. The van der Waals surface area contributed by atoms with Crippen molar-refractivity contribution in [2.24, 2.45) is 5.92 Å². The van der Waals surface area contributed by atoms with Gasteiger partial charge >= 0.3 is 0 Å². The molecule has 1 fully saturated rings. The van der Waals surface area contributed by atoms with E-state index in [9.17, 15) is 5.11 Å². The van der Waals surface area contributed by atoms with Crippen LogP contribution in [0.15, 0.2) is 18.5 Å². The van der Waals surface area contributed by atoms with Crippen LogP contribution in [0, 0.1) is 5.92 Å². The van der Waals surface area contributed by atoms with Gasteiger partial charge in [-0.3, -0.25) is 4.98 Å². The number of aromatic nitrogens is 1. The van der Waals surface area contributed by atoms with Crippen molar-refractivity contribution in [3.63, 3.8) is 0 Å². The third-order valence-corrected chi connectivity index (χ3v) is 3.20. The molecule has 1 aliphatic carbocycles. The second-order valence-corrected chi connectivity index (χ2v) is 4.11. The van der Waals surface area contributed by atoms with Crippen LogP contribution in [0.2, 0.25) is 0 Å². The SMILES string of the molecule is COc1cnccc1C(O)C1CCCC1. The molecule has 0 aromatic carbocycles. The van der Waals surface area contributed by atoms with Crippen LogP contribution in [0.25, 0.3) is 0 Å². The number of ether oxygens (including phenoxy) is 1. The van der Waals surface area contributed by atoms with Crippen LogP contribution >= 0.6 is 0 Å². The zero-order valence-electron chi connectivity index (χ0n) is 9.02. The molecule has 1 aromatic heterocycles. The van der Waals surface area contributed by atoms with Gasteiger partial charge in [0, 0.05) is 11.8 Å². The highest BCUT2D eigenvalue weighted by Crippen LogP contribution is 2.38. The van der Waals surface area contributed by atoms with E-state index in [1.165, 1.54) is 12.8 Å². The van der Waals surface area contributed by atoms with Gasteiger partial charge in [0.15, 0.2) is 0 Å². The van der Waals surface area contributed by atoms with Crippen LogP contribution in [-0.2, 0) is 0 Å². The van der Waals surface area contributed by atoms with E-state index < -0.39 is 6.10 Å². The van der Waals surface area contributed by atoms with E-state index in [2.05, 4.69) is 4.98 Å². The van der Waals surface area contributed by atoms with Gasteiger partial charge in [-0.2, -0.15) is 0 Å². The predicted octanol–water partition coefficient (Wildman–Crippen LogP) is 2.31. The van der Waals surface area contributed by atoms with E-state index in [0.29, 0.717) is 11.7 Å². The molecule has 1 aromatic rings. The number of hydrogen-bond donors (Lipinski definition) is 1. The fourth-order valence-electron chi connectivity index (χ4n) is 2.33. The summed E-state index contributed by atoms with van der Waals surface area (Å²) in [5, 5.41) is 10.2. The average Bonchev–Trinajstić information content (AvgIpc) is 2.81. The highest BCUT2D eigenvalue weighted by molar-refractivity contribution is 5.32. The first-order valence-corrected chi connectivity index (χ1v) is 5.49. The maximum Gasteiger partial charge on any atom is 0.142 e. The molecule has 1 unspecified atom stereocenters. The first kappa shape index (κ1) is 10.4. The second-order valence-electron chi connectivity index (χ2n) is 4.11. The molecule has 0 spiro atoms. The molecule has 15 heavy (non-hydrogen) atoms. The highest BCUT2D eigenvalue weighted by atomic mass is 16.5. The lowest BCUT2D eigenvalue weighted by atomic mass is 9.94. The molecule has 1 saturated carbocycles. The molecular weight excluding hydrogens is 190 g/mol. The highest BCUT2D eigenvalue weighted by Gasteiger charge is 2.26. The minimum atomic E-state index is -0.398. The van der Waals surface area contributed by atoms with Crippen molar-refractivity contribution in [1.29, 1.82) is 0 Å². The Labute approximate surface area is 90.1 Å². The van der Waals surface area contributed by atoms with Crippen LogP contribution in [-0.4, -0.2) is 17.2 Å². The van der Waals surface area contributed by atoms with E-state index in [-0.39, 0.29) is 0 Å². The van der Waals surface area contributed by atoms with Gasteiger partial charge in [0.25, 0.3) is 0 Å². The number of hydrogen-bond acceptors (Lipinski definition) is 3. The molecule has 0 bridgehead atoms. The summed E-state index contributed by atoms with van der Waals surface area (Å²) in [6.07, 6.45) is 7.66. The summed E-state index contributed by atoms with van der Waals surface area (Å²) in [6, 6.07) is 1.85. The van der Waals surface area contributed by atoms with Crippen LogP contribution < -0.4 is 4.74 Å². The number of methoxy groups -OCH3 is 1. The van der Waals surface area contributed by atoms with Gasteiger partial charge in [0.1, 0.15) is 5.75 Å². The van der Waals surface area contributed by atoms with E-state index in [0.717, 1.165) is 18.4 Å². The third kappa shape index (κ3) is 2.12. The zero-order valence-corrected chi connectivity index (χ0v) is 9.02. The Bertz CT molecular complexity index is 321. The largest absolute Gasteiger partial charge is 0.495 e. The Kier molecular flexibility index (Phi) is 3.21. The monoisotopic (exact) mass is 207 g/mol. The molecule has 1 heterocycles. The summed E-state index contributed by atoms with van der Waals surface area (Å²) in [5.41, 5.74) is 0.874. The fourth-order valence-corrected chi connectivity index (χ4v) is 2.33. The summed E-state index contributed by atoms with van der Waals surface area (Å²) in [5.74, 6) is 1.08. The van der Waals surface area contributed by atoms with Crippen LogP contribution in [0.1, 0.15) is 37.4 Å². The molecule has 0 amide bonds. The van der Waals surface area contributed by atoms with Crippen molar-refractivity contribution >= 4 is 0 Å². The number of rotatable bonds is 3. The number of aliphatic hydroxyl groups excluding tert-OH is 1. The van der Waals surface area contributed by atoms with Gasteiger partial charge in [0.05, 0.1) is 19.4 Å². The molecule has 3 nitrogen and oxygen atoms in total. The molecule has 2 rings (SSSR count). The quantitative estimate of drug-likeness (QED) is 0.827. The summed E-state index contributed by atoms with van der Waals surface area (Å²) in [7, 11) is 1.61. The predicted molar refractivity (Wildman–Crippen MR) is 57.7 cm³/mol. The third-order valence-electron chi connectivity index (χ3n) is 3.20. The van der Waals surface area contributed by atoms with E-state index in [1.54, 1.807) is 19.5 Å². The molecule has 1 N–H and O–H groups in total. The summed E-state index contributed by atoms with van der Waals surface area (Å²) in [4.78, 5) is 3.99. The van der Waals surface area contributed by atoms with Crippen LogP contribution in [0.4, 0.5) is 0 Å². The molecular formula is C12H17NO2.